The van der Waals surface area contributed by atoms with Crippen LogP contribution < -0.4 is 0 Å². The predicted octanol–water partition coefficient (Wildman–Crippen LogP) is 2.80. The molecule has 0 saturated carbocycles. The molecule has 2 heterocycles. The molecule has 3 heteroatoms. The van der Waals surface area contributed by atoms with Gasteiger partial charge in [-0.2, -0.15) is 0 Å². The second-order valence-electron chi connectivity index (χ2n) is 3.49. The summed E-state index contributed by atoms with van der Waals surface area (Å²) in [5.74, 6) is 1.12. The number of aryl methyl sites for hydroxylation is 1. The van der Waals surface area contributed by atoms with Crippen molar-refractivity contribution in [2.75, 3.05) is 0 Å². The molecule has 1 aromatic carbocycles. The van der Waals surface area contributed by atoms with Gasteiger partial charge in [-0.05, 0) is 12.5 Å². The fraction of sp³-hybridized carbons (Fsp3) is 0.182. The van der Waals surface area contributed by atoms with Crippen molar-refractivity contribution in [1.82, 2.24) is 9.55 Å². The Balaban J connectivity index is 0.000000750. The molecular weight excluding hydrogens is 240 g/mol. The smallest absolute Gasteiger partial charge is 0.140 e. The summed E-state index contributed by atoms with van der Waals surface area (Å²) in [4.78, 5) is 4.50. The largest absolute Gasteiger partial charge is 0.326 e. The molecule has 0 fully saturated rings. The minimum atomic E-state index is 0. The third-order valence-electron chi connectivity index (χ3n) is 2.50. The zero-order chi connectivity index (χ0) is 8.84. The lowest BCUT2D eigenvalue weighted by Crippen LogP contribution is -1.88. The van der Waals surface area contributed by atoms with Gasteiger partial charge in [-0.3, -0.25) is 0 Å². The van der Waals surface area contributed by atoms with E-state index < -0.39 is 0 Å². The van der Waals surface area contributed by atoms with Crippen molar-refractivity contribution >= 4 is 17.0 Å². The van der Waals surface area contributed by atoms with Crippen LogP contribution in [0.25, 0.3) is 11.4 Å². The lowest BCUT2D eigenvalue weighted by Gasteiger charge is -1.94. The van der Waals surface area contributed by atoms with Gasteiger partial charge in [0.1, 0.15) is 5.82 Å². The van der Waals surface area contributed by atoms with E-state index in [4.69, 9.17) is 0 Å². The summed E-state index contributed by atoms with van der Waals surface area (Å²) in [5, 5.41) is 0. The maximum absolute atomic E-state index is 4.50. The van der Waals surface area contributed by atoms with Gasteiger partial charge >= 0.3 is 0 Å². The van der Waals surface area contributed by atoms with Crippen molar-refractivity contribution in [3.8, 4) is 11.4 Å². The lowest BCUT2D eigenvalue weighted by molar-refractivity contribution is 0.846. The normalized spacial score (nSPS) is 11.8. The van der Waals surface area contributed by atoms with Crippen molar-refractivity contribution in [3.05, 3.63) is 41.7 Å². The van der Waals surface area contributed by atoms with Crippen LogP contribution in [0, 0.1) is 6.92 Å². The van der Waals surface area contributed by atoms with Crippen LogP contribution >= 0.6 is 17.0 Å². The van der Waals surface area contributed by atoms with Crippen LogP contribution in [-0.2, 0) is 6.54 Å². The fourth-order valence-corrected chi connectivity index (χ4v) is 1.94. The molecule has 0 atom stereocenters. The monoisotopic (exact) mass is 250 g/mol. The topological polar surface area (TPSA) is 17.8 Å². The molecule has 0 N–H and O–H groups in total. The summed E-state index contributed by atoms with van der Waals surface area (Å²) in [6.45, 7) is 3.01. The molecule has 14 heavy (non-hydrogen) atoms. The van der Waals surface area contributed by atoms with Crippen LogP contribution in [0.4, 0.5) is 0 Å². The van der Waals surface area contributed by atoms with E-state index in [1.54, 1.807) is 0 Å². The maximum atomic E-state index is 4.50. The van der Waals surface area contributed by atoms with Crippen LogP contribution in [0.15, 0.2) is 30.5 Å². The molecule has 0 unspecified atom stereocenters. The van der Waals surface area contributed by atoms with E-state index in [0.29, 0.717) is 0 Å². The first-order chi connectivity index (χ1) is 6.34. The van der Waals surface area contributed by atoms with Gasteiger partial charge in [-0.15, -0.1) is 17.0 Å². The van der Waals surface area contributed by atoms with E-state index in [-0.39, 0.29) is 17.0 Å². The highest BCUT2D eigenvalue weighted by atomic mass is 79.9. The molecule has 0 amide bonds. The van der Waals surface area contributed by atoms with Crippen molar-refractivity contribution in [2.45, 2.75) is 13.5 Å². The van der Waals surface area contributed by atoms with Crippen LogP contribution in [0.5, 0.6) is 0 Å². The first-order valence-electron chi connectivity index (χ1n) is 4.46. The highest BCUT2D eigenvalue weighted by molar-refractivity contribution is 8.93. The lowest BCUT2D eigenvalue weighted by atomic mass is 10.1. The summed E-state index contributed by atoms with van der Waals surface area (Å²) in [5.41, 5.74) is 3.77. The molecule has 2 nitrogen and oxygen atoms in total. The second kappa shape index (κ2) is 3.24. The Morgan fingerprint density at radius 3 is 2.93 bits per heavy atom. The molecule has 2 aromatic rings. The van der Waals surface area contributed by atoms with Crippen LogP contribution in [0.1, 0.15) is 11.3 Å². The molecule has 0 radical (unpaired) electrons. The number of aromatic nitrogens is 2. The molecule has 0 bridgehead atoms. The van der Waals surface area contributed by atoms with Crippen LogP contribution in [0.3, 0.4) is 0 Å². The summed E-state index contributed by atoms with van der Waals surface area (Å²) in [6, 6.07) is 8.45. The number of rotatable bonds is 0. The van der Waals surface area contributed by atoms with E-state index in [9.17, 15) is 0 Å². The SMILES string of the molecule is Br.Cc1cn2c(n1)-c1ccccc1C2. The molecule has 0 spiro atoms. The van der Waals surface area contributed by atoms with Crippen molar-refractivity contribution in [1.29, 1.82) is 0 Å². The second-order valence-corrected chi connectivity index (χ2v) is 3.49. The van der Waals surface area contributed by atoms with Crippen molar-refractivity contribution in [2.24, 2.45) is 0 Å². The Hall–Kier alpha value is -1.09. The van der Waals surface area contributed by atoms with Gasteiger partial charge < -0.3 is 4.57 Å². The highest BCUT2D eigenvalue weighted by Crippen LogP contribution is 2.30. The fourth-order valence-electron chi connectivity index (χ4n) is 1.94. The number of halogens is 1. The first kappa shape index (κ1) is 9.46. The average Bonchev–Trinajstić information content (AvgIpc) is 2.60. The van der Waals surface area contributed by atoms with Gasteiger partial charge in [0.25, 0.3) is 0 Å². The molecule has 1 aliphatic heterocycles. The molecule has 72 valence electrons. The van der Waals surface area contributed by atoms with Gasteiger partial charge in [0.2, 0.25) is 0 Å². The number of fused-ring (bicyclic) bond motifs is 3. The summed E-state index contributed by atoms with van der Waals surface area (Å²) < 4.78 is 2.21. The zero-order valence-electron chi connectivity index (χ0n) is 7.90. The third kappa shape index (κ3) is 1.20. The molecule has 0 aliphatic carbocycles. The van der Waals surface area contributed by atoms with Gasteiger partial charge in [-0.1, -0.05) is 24.3 Å². The Labute approximate surface area is 93.4 Å². The van der Waals surface area contributed by atoms with Gasteiger partial charge in [0, 0.05) is 18.3 Å². The van der Waals surface area contributed by atoms with E-state index in [0.717, 1.165) is 18.1 Å². The minimum Gasteiger partial charge on any atom is -0.326 e. The Bertz CT molecular complexity index is 474. The van der Waals surface area contributed by atoms with Crippen LogP contribution in [0.2, 0.25) is 0 Å². The van der Waals surface area contributed by atoms with Crippen molar-refractivity contribution in [3.63, 3.8) is 0 Å². The van der Waals surface area contributed by atoms with Crippen molar-refractivity contribution < 1.29 is 0 Å². The average molecular weight is 251 g/mol. The molecule has 3 rings (SSSR count). The number of benzene rings is 1. The summed E-state index contributed by atoms with van der Waals surface area (Å²) in [7, 11) is 0. The minimum absolute atomic E-state index is 0. The Morgan fingerprint density at radius 1 is 1.29 bits per heavy atom. The quantitative estimate of drug-likeness (QED) is 0.600. The number of hydrogen-bond acceptors (Lipinski definition) is 1. The number of hydrogen-bond donors (Lipinski definition) is 0. The predicted molar refractivity (Wildman–Crippen MR) is 61.8 cm³/mol. The molecule has 0 saturated heterocycles. The maximum Gasteiger partial charge on any atom is 0.140 e. The molecular formula is C11H11BrN2. The van der Waals surface area contributed by atoms with E-state index in [1.807, 2.05) is 6.92 Å². The number of imidazole rings is 1. The summed E-state index contributed by atoms with van der Waals surface area (Å²) in [6.07, 6.45) is 2.11. The highest BCUT2D eigenvalue weighted by Gasteiger charge is 2.18. The van der Waals surface area contributed by atoms with Gasteiger partial charge in [0.05, 0.1) is 5.69 Å². The number of nitrogens with zero attached hydrogens (tertiary/aromatic N) is 2. The van der Waals surface area contributed by atoms with E-state index in [1.165, 1.54) is 11.1 Å². The third-order valence-corrected chi connectivity index (χ3v) is 2.50. The van der Waals surface area contributed by atoms with E-state index >= 15 is 0 Å². The van der Waals surface area contributed by atoms with Gasteiger partial charge in [-0.25, -0.2) is 4.98 Å². The Kier molecular flexibility index (Phi) is 2.19. The van der Waals surface area contributed by atoms with Crippen LogP contribution in [-0.4, -0.2) is 9.55 Å². The molecule has 1 aromatic heterocycles. The molecule has 1 aliphatic rings. The van der Waals surface area contributed by atoms with Gasteiger partial charge in [0.15, 0.2) is 0 Å². The zero-order valence-corrected chi connectivity index (χ0v) is 9.61. The standard InChI is InChI=1S/C11H10N2.BrH/c1-8-6-13-7-9-4-2-3-5-10(9)11(13)12-8;/h2-6H,7H2,1H3;1H. The first-order valence-corrected chi connectivity index (χ1v) is 4.46. The van der Waals surface area contributed by atoms with E-state index in [2.05, 4.69) is 40.0 Å². The summed E-state index contributed by atoms with van der Waals surface area (Å²) >= 11 is 0. The Morgan fingerprint density at radius 2 is 2.07 bits per heavy atom.